The normalized spacial score (nSPS) is 17.8. The molecule has 1 aromatic carbocycles. The van der Waals surface area contributed by atoms with Crippen LogP contribution >= 0.6 is 11.6 Å². The molecule has 2 aromatic rings. The van der Waals surface area contributed by atoms with E-state index in [-0.39, 0.29) is 24.8 Å². The summed E-state index contributed by atoms with van der Waals surface area (Å²) < 4.78 is 4.67. The van der Waals surface area contributed by atoms with Gasteiger partial charge in [-0.3, -0.25) is 19.6 Å². The predicted octanol–water partition coefficient (Wildman–Crippen LogP) is 1.65. The molecule has 22 heavy (non-hydrogen) atoms. The van der Waals surface area contributed by atoms with Gasteiger partial charge in [0.15, 0.2) is 5.82 Å². The summed E-state index contributed by atoms with van der Waals surface area (Å²) >= 11 is 6.11. The minimum Gasteiger partial charge on any atom is -0.469 e. The molecule has 1 saturated heterocycles. The first-order valence-electron chi connectivity index (χ1n) is 6.65. The summed E-state index contributed by atoms with van der Waals surface area (Å²) in [5.41, 5.74) is 0.694. The van der Waals surface area contributed by atoms with Crippen molar-refractivity contribution in [3.8, 4) is 11.4 Å². The van der Waals surface area contributed by atoms with Gasteiger partial charge in [0.05, 0.1) is 18.1 Å². The molecule has 8 heteroatoms. The molecule has 0 saturated carbocycles. The summed E-state index contributed by atoms with van der Waals surface area (Å²) in [7, 11) is 1.30. The van der Waals surface area contributed by atoms with Gasteiger partial charge in [0.2, 0.25) is 5.91 Å². The topological polar surface area (TPSA) is 88.2 Å². The molecule has 0 radical (unpaired) electrons. The van der Waals surface area contributed by atoms with Crippen LogP contribution in [0.25, 0.3) is 11.4 Å². The quantitative estimate of drug-likeness (QED) is 0.869. The molecule has 1 aliphatic heterocycles. The first-order valence-corrected chi connectivity index (χ1v) is 7.03. The van der Waals surface area contributed by atoms with E-state index in [9.17, 15) is 9.59 Å². The summed E-state index contributed by atoms with van der Waals surface area (Å²) in [5, 5.41) is 7.34. The van der Waals surface area contributed by atoms with Crippen molar-refractivity contribution >= 4 is 29.4 Å². The van der Waals surface area contributed by atoms with E-state index in [1.165, 1.54) is 12.0 Å². The van der Waals surface area contributed by atoms with Crippen LogP contribution in [0.5, 0.6) is 0 Å². The average molecular weight is 321 g/mol. The number of halogens is 1. The van der Waals surface area contributed by atoms with Crippen molar-refractivity contribution in [1.29, 1.82) is 0 Å². The third-order valence-electron chi connectivity index (χ3n) is 3.50. The smallest absolute Gasteiger partial charge is 0.311 e. The number of hydrogen-bond acceptors (Lipinski definition) is 5. The lowest BCUT2D eigenvalue weighted by Crippen LogP contribution is -2.27. The third kappa shape index (κ3) is 2.55. The Morgan fingerprint density at radius 2 is 2.23 bits per heavy atom. The summed E-state index contributed by atoms with van der Waals surface area (Å²) in [6, 6.07) is 7.19. The van der Waals surface area contributed by atoms with Crippen molar-refractivity contribution in [3.63, 3.8) is 0 Å². The van der Waals surface area contributed by atoms with E-state index < -0.39 is 11.9 Å². The fourth-order valence-corrected chi connectivity index (χ4v) is 2.60. The molecule has 1 fully saturated rings. The van der Waals surface area contributed by atoms with Crippen LogP contribution in [0.3, 0.4) is 0 Å². The molecule has 7 nitrogen and oxygen atoms in total. The molecule has 2 heterocycles. The van der Waals surface area contributed by atoms with Crippen molar-refractivity contribution in [1.82, 2.24) is 15.2 Å². The van der Waals surface area contributed by atoms with Crippen LogP contribution in [0.1, 0.15) is 6.42 Å². The molecule has 1 amide bonds. The molecular formula is C14H13ClN4O3. The Hall–Kier alpha value is -2.41. The maximum Gasteiger partial charge on any atom is 0.311 e. The molecule has 1 unspecified atom stereocenters. The number of methoxy groups -OCH3 is 1. The van der Waals surface area contributed by atoms with Gasteiger partial charge in [-0.25, -0.2) is 0 Å². The van der Waals surface area contributed by atoms with E-state index in [1.54, 1.807) is 12.1 Å². The number of hydrogen-bond donors (Lipinski definition) is 1. The molecule has 1 N–H and O–H groups in total. The SMILES string of the molecule is COC(=O)C1CC(=O)N(c2n[nH]c(-c3ccccc3Cl)n2)C1. The summed E-state index contributed by atoms with van der Waals surface area (Å²) in [5.74, 6) is -0.404. The van der Waals surface area contributed by atoms with Crippen LogP contribution in [-0.2, 0) is 14.3 Å². The number of aromatic amines is 1. The van der Waals surface area contributed by atoms with Gasteiger partial charge in [-0.2, -0.15) is 4.98 Å². The first kappa shape index (κ1) is 14.5. The minimum absolute atomic E-state index is 0.0998. The van der Waals surface area contributed by atoms with Crippen LogP contribution in [0.15, 0.2) is 24.3 Å². The van der Waals surface area contributed by atoms with E-state index in [2.05, 4.69) is 19.9 Å². The van der Waals surface area contributed by atoms with Gasteiger partial charge in [0, 0.05) is 18.5 Å². The highest BCUT2D eigenvalue weighted by atomic mass is 35.5. The Kier molecular flexibility index (Phi) is 3.81. The van der Waals surface area contributed by atoms with E-state index in [4.69, 9.17) is 11.6 Å². The van der Waals surface area contributed by atoms with Gasteiger partial charge in [-0.05, 0) is 12.1 Å². The van der Waals surface area contributed by atoms with E-state index >= 15 is 0 Å². The van der Waals surface area contributed by atoms with Crippen molar-refractivity contribution < 1.29 is 14.3 Å². The number of esters is 1. The molecular weight excluding hydrogens is 308 g/mol. The predicted molar refractivity (Wildman–Crippen MR) is 79.3 cm³/mol. The van der Waals surface area contributed by atoms with E-state index in [0.717, 1.165) is 0 Å². The number of carbonyl (C=O) groups is 2. The van der Waals surface area contributed by atoms with Crippen molar-refractivity contribution in [2.45, 2.75) is 6.42 Å². The van der Waals surface area contributed by atoms with Crippen molar-refractivity contribution in [3.05, 3.63) is 29.3 Å². The lowest BCUT2D eigenvalue weighted by atomic mass is 10.1. The third-order valence-corrected chi connectivity index (χ3v) is 3.83. The number of amides is 1. The monoisotopic (exact) mass is 320 g/mol. The summed E-state index contributed by atoms with van der Waals surface area (Å²) in [6.07, 6.45) is 0.0998. The molecule has 1 aliphatic rings. The maximum atomic E-state index is 12.0. The maximum absolute atomic E-state index is 12.0. The van der Waals surface area contributed by atoms with E-state index in [1.807, 2.05) is 12.1 Å². The number of aromatic nitrogens is 3. The van der Waals surface area contributed by atoms with Crippen LogP contribution in [0.2, 0.25) is 5.02 Å². The number of nitrogens with zero attached hydrogens (tertiary/aromatic N) is 3. The Labute approximate surface area is 131 Å². The second-order valence-corrected chi connectivity index (χ2v) is 5.30. The second kappa shape index (κ2) is 5.76. The van der Waals surface area contributed by atoms with Gasteiger partial charge in [-0.15, -0.1) is 5.10 Å². The number of rotatable bonds is 3. The van der Waals surface area contributed by atoms with E-state index in [0.29, 0.717) is 16.4 Å². The molecule has 3 rings (SSSR count). The van der Waals surface area contributed by atoms with Gasteiger partial charge >= 0.3 is 5.97 Å². The standard InChI is InChI=1S/C14H13ClN4O3/c1-22-13(21)8-6-11(20)19(7-8)14-16-12(17-18-14)9-4-2-3-5-10(9)15/h2-5,8H,6-7H2,1H3,(H,16,17,18). The van der Waals surface area contributed by atoms with Gasteiger partial charge in [0.25, 0.3) is 5.95 Å². The minimum atomic E-state index is -0.486. The molecule has 0 bridgehead atoms. The van der Waals surface area contributed by atoms with Crippen molar-refractivity contribution in [2.75, 3.05) is 18.6 Å². The number of nitrogens with one attached hydrogen (secondary N) is 1. The molecule has 0 aliphatic carbocycles. The summed E-state index contributed by atoms with van der Waals surface area (Å²) in [6.45, 7) is 0.214. The molecule has 1 aromatic heterocycles. The van der Waals surface area contributed by atoms with Crippen LogP contribution < -0.4 is 4.90 Å². The largest absolute Gasteiger partial charge is 0.469 e. The Morgan fingerprint density at radius 1 is 1.45 bits per heavy atom. The number of carbonyl (C=O) groups excluding carboxylic acids is 2. The zero-order valence-electron chi connectivity index (χ0n) is 11.7. The van der Waals surface area contributed by atoms with Gasteiger partial charge < -0.3 is 4.74 Å². The fourth-order valence-electron chi connectivity index (χ4n) is 2.37. The lowest BCUT2D eigenvalue weighted by Gasteiger charge is -2.10. The second-order valence-electron chi connectivity index (χ2n) is 4.89. The van der Waals surface area contributed by atoms with Crippen LogP contribution in [-0.4, -0.2) is 40.7 Å². The van der Waals surface area contributed by atoms with Gasteiger partial charge in [0.1, 0.15) is 0 Å². The first-order chi connectivity index (χ1) is 10.6. The fraction of sp³-hybridized carbons (Fsp3) is 0.286. The highest BCUT2D eigenvalue weighted by Gasteiger charge is 2.37. The van der Waals surface area contributed by atoms with Crippen LogP contribution in [0, 0.1) is 5.92 Å². The highest BCUT2D eigenvalue weighted by Crippen LogP contribution is 2.28. The Bertz CT molecular complexity index is 730. The lowest BCUT2D eigenvalue weighted by molar-refractivity contribution is -0.145. The van der Waals surface area contributed by atoms with Crippen LogP contribution in [0.4, 0.5) is 5.95 Å². The molecule has 1 atom stereocenters. The Morgan fingerprint density at radius 3 is 2.95 bits per heavy atom. The number of H-pyrrole nitrogens is 1. The van der Waals surface area contributed by atoms with Crippen molar-refractivity contribution in [2.24, 2.45) is 5.92 Å². The highest BCUT2D eigenvalue weighted by molar-refractivity contribution is 6.33. The average Bonchev–Trinajstić information content (AvgIpc) is 3.13. The zero-order valence-corrected chi connectivity index (χ0v) is 12.5. The number of benzene rings is 1. The zero-order chi connectivity index (χ0) is 15.7. The molecule has 114 valence electrons. The Balaban J connectivity index is 1.84. The number of ether oxygens (including phenoxy) is 1. The number of anilines is 1. The summed E-state index contributed by atoms with van der Waals surface area (Å²) in [4.78, 5) is 29.2. The molecule has 0 spiro atoms. The van der Waals surface area contributed by atoms with Gasteiger partial charge in [-0.1, -0.05) is 23.7 Å².